The highest BCUT2D eigenvalue weighted by molar-refractivity contribution is 6.31. The second kappa shape index (κ2) is 5.76. The molecule has 4 nitrogen and oxygen atoms in total. The van der Waals surface area contributed by atoms with Crippen LogP contribution in [-0.2, 0) is 0 Å². The van der Waals surface area contributed by atoms with Gasteiger partial charge in [-0.3, -0.25) is 4.79 Å². The van der Waals surface area contributed by atoms with Gasteiger partial charge in [0.1, 0.15) is 12.4 Å². The standard InChI is InChI=1S/C16H15ClN2O2/c17-13-4-2-1-3-11(13)15(18)10-5-6-14-12(9-10)16(20)19-7-8-21-14/h1-6,9,15H,7-8,18H2,(H,19,20). The maximum absolute atomic E-state index is 12.0. The third-order valence-electron chi connectivity index (χ3n) is 3.49. The second-order valence-electron chi connectivity index (χ2n) is 4.86. The number of halogens is 1. The van der Waals surface area contributed by atoms with Gasteiger partial charge < -0.3 is 15.8 Å². The number of rotatable bonds is 2. The summed E-state index contributed by atoms with van der Waals surface area (Å²) in [4.78, 5) is 12.0. The summed E-state index contributed by atoms with van der Waals surface area (Å²) in [5.74, 6) is 0.441. The largest absolute Gasteiger partial charge is 0.491 e. The summed E-state index contributed by atoms with van der Waals surface area (Å²) < 4.78 is 5.53. The summed E-state index contributed by atoms with van der Waals surface area (Å²) in [5, 5.41) is 3.40. The summed E-state index contributed by atoms with van der Waals surface area (Å²) in [6.45, 7) is 0.966. The van der Waals surface area contributed by atoms with E-state index in [0.29, 0.717) is 29.5 Å². The fourth-order valence-electron chi connectivity index (χ4n) is 2.37. The molecule has 1 heterocycles. The summed E-state index contributed by atoms with van der Waals surface area (Å²) in [6, 6.07) is 12.5. The van der Waals surface area contributed by atoms with Crippen molar-refractivity contribution in [3.05, 3.63) is 64.2 Å². The normalized spacial score (nSPS) is 15.4. The molecule has 0 saturated carbocycles. The Hall–Kier alpha value is -2.04. The minimum atomic E-state index is -0.389. The first kappa shape index (κ1) is 13.9. The van der Waals surface area contributed by atoms with Crippen molar-refractivity contribution < 1.29 is 9.53 Å². The highest BCUT2D eigenvalue weighted by atomic mass is 35.5. The van der Waals surface area contributed by atoms with Gasteiger partial charge in [0.2, 0.25) is 0 Å². The van der Waals surface area contributed by atoms with Crippen LogP contribution < -0.4 is 15.8 Å². The molecule has 108 valence electrons. The van der Waals surface area contributed by atoms with Crippen LogP contribution in [0.4, 0.5) is 0 Å². The molecule has 1 unspecified atom stereocenters. The van der Waals surface area contributed by atoms with Gasteiger partial charge in [-0.25, -0.2) is 0 Å². The Labute approximate surface area is 127 Å². The van der Waals surface area contributed by atoms with Crippen LogP contribution in [-0.4, -0.2) is 19.1 Å². The van der Waals surface area contributed by atoms with Crippen molar-refractivity contribution in [2.75, 3.05) is 13.2 Å². The molecule has 3 N–H and O–H groups in total. The molecule has 1 aliphatic heterocycles. The van der Waals surface area contributed by atoms with E-state index in [1.165, 1.54) is 0 Å². The van der Waals surface area contributed by atoms with E-state index in [0.717, 1.165) is 11.1 Å². The van der Waals surface area contributed by atoms with E-state index in [1.807, 2.05) is 24.3 Å². The average molecular weight is 303 g/mol. The highest BCUT2D eigenvalue weighted by Gasteiger charge is 2.19. The van der Waals surface area contributed by atoms with E-state index >= 15 is 0 Å². The molecule has 1 amide bonds. The zero-order chi connectivity index (χ0) is 14.8. The lowest BCUT2D eigenvalue weighted by Gasteiger charge is -2.16. The Morgan fingerprint density at radius 1 is 1.24 bits per heavy atom. The lowest BCUT2D eigenvalue weighted by molar-refractivity contribution is 0.0957. The van der Waals surface area contributed by atoms with E-state index in [-0.39, 0.29) is 11.9 Å². The van der Waals surface area contributed by atoms with Gasteiger partial charge in [0, 0.05) is 5.02 Å². The quantitative estimate of drug-likeness (QED) is 0.896. The minimum Gasteiger partial charge on any atom is -0.491 e. The minimum absolute atomic E-state index is 0.143. The zero-order valence-corrected chi connectivity index (χ0v) is 12.1. The van der Waals surface area contributed by atoms with Crippen molar-refractivity contribution in [3.63, 3.8) is 0 Å². The average Bonchev–Trinajstić information content (AvgIpc) is 2.69. The summed E-state index contributed by atoms with van der Waals surface area (Å²) in [7, 11) is 0. The number of fused-ring (bicyclic) bond motifs is 1. The van der Waals surface area contributed by atoms with E-state index < -0.39 is 0 Å². The summed E-state index contributed by atoms with van der Waals surface area (Å²) >= 11 is 6.18. The van der Waals surface area contributed by atoms with Gasteiger partial charge in [0.05, 0.1) is 18.2 Å². The van der Waals surface area contributed by atoms with Gasteiger partial charge >= 0.3 is 0 Å². The van der Waals surface area contributed by atoms with Gasteiger partial charge in [0.25, 0.3) is 5.91 Å². The first-order valence-corrected chi connectivity index (χ1v) is 7.09. The van der Waals surface area contributed by atoms with Crippen molar-refractivity contribution in [1.82, 2.24) is 5.32 Å². The second-order valence-corrected chi connectivity index (χ2v) is 5.27. The predicted molar refractivity (Wildman–Crippen MR) is 81.8 cm³/mol. The molecule has 5 heteroatoms. The third-order valence-corrected chi connectivity index (χ3v) is 3.84. The molecule has 2 aromatic carbocycles. The van der Waals surface area contributed by atoms with Gasteiger partial charge in [-0.15, -0.1) is 0 Å². The molecule has 1 atom stereocenters. The van der Waals surface area contributed by atoms with Crippen molar-refractivity contribution >= 4 is 17.5 Å². The molecule has 3 rings (SSSR count). The first-order chi connectivity index (χ1) is 10.2. The fraction of sp³-hybridized carbons (Fsp3) is 0.188. The number of nitrogens with two attached hydrogens (primary N) is 1. The topological polar surface area (TPSA) is 64.4 Å². The van der Waals surface area contributed by atoms with Crippen molar-refractivity contribution in [3.8, 4) is 5.75 Å². The van der Waals surface area contributed by atoms with Crippen LogP contribution in [0.3, 0.4) is 0 Å². The van der Waals surface area contributed by atoms with Gasteiger partial charge in [0.15, 0.2) is 0 Å². The van der Waals surface area contributed by atoms with Crippen LogP contribution in [0.25, 0.3) is 0 Å². The van der Waals surface area contributed by atoms with Crippen LogP contribution >= 0.6 is 11.6 Å². The molecular formula is C16H15ClN2O2. The van der Waals surface area contributed by atoms with E-state index in [2.05, 4.69) is 5.32 Å². The molecule has 2 aromatic rings. The van der Waals surface area contributed by atoms with Crippen molar-refractivity contribution in [1.29, 1.82) is 0 Å². The van der Waals surface area contributed by atoms with Crippen LogP contribution in [0, 0.1) is 0 Å². The third kappa shape index (κ3) is 2.73. The number of ether oxygens (including phenoxy) is 1. The van der Waals surface area contributed by atoms with Crippen LogP contribution in [0.15, 0.2) is 42.5 Å². The number of nitrogens with one attached hydrogen (secondary N) is 1. The number of hydrogen-bond donors (Lipinski definition) is 2. The molecular weight excluding hydrogens is 288 g/mol. The molecule has 0 radical (unpaired) electrons. The Morgan fingerprint density at radius 3 is 2.86 bits per heavy atom. The van der Waals surface area contributed by atoms with Gasteiger partial charge in [-0.2, -0.15) is 0 Å². The Bertz CT molecular complexity index is 688. The van der Waals surface area contributed by atoms with E-state index in [9.17, 15) is 4.79 Å². The molecule has 0 bridgehead atoms. The van der Waals surface area contributed by atoms with Crippen LogP contribution in [0.5, 0.6) is 5.75 Å². The molecule has 1 aliphatic rings. The summed E-state index contributed by atoms with van der Waals surface area (Å²) in [6.07, 6.45) is 0. The Kier molecular flexibility index (Phi) is 3.82. The number of carbonyl (C=O) groups excluding carboxylic acids is 1. The van der Waals surface area contributed by atoms with Crippen molar-refractivity contribution in [2.24, 2.45) is 5.73 Å². The number of hydrogen-bond acceptors (Lipinski definition) is 3. The lowest BCUT2D eigenvalue weighted by atomic mass is 9.97. The highest BCUT2D eigenvalue weighted by Crippen LogP contribution is 2.30. The molecule has 21 heavy (non-hydrogen) atoms. The van der Waals surface area contributed by atoms with E-state index in [4.69, 9.17) is 22.1 Å². The SMILES string of the molecule is NC(c1ccc2c(c1)C(=O)NCCO2)c1ccccc1Cl. The van der Waals surface area contributed by atoms with Crippen LogP contribution in [0.1, 0.15) is 27.5 Å². The van der Waals surface area contributed by atoms with Crippen molar-refractivity contribution in [2.45, 2.75) is 6.04 Å². The fourth-order valence-corrected chi connectivity index (χ4v) is 2.63. The lowest BCUT2D eigenvalue weighted by Crippen LogP contribution is -2.24. The number of amides is 1. The smallest absolute Gasteiger partial charge is 0.255 e. The summed E-state index contributed by atoms with van der Waals surface area (Å²) in [5.41, 5.74) is 8.43. The van der Waals surface area contributed by atoms with E-state index in [1.54, 1.807) is 18.2 Å². The number of benzene rings is 2. The molecule has 0 fully saturated rings. The predicted octanol–water partition coefficient (Wildman–Crippen LogP) is 2.51. The Balaban J connectivity index is 2.00. The maximum Gasteiger partial charge on any atom is 0.255 e. The number of carbonyl (C=O) groups is 1. The van der Waals surface area contributed by atoms with Gasteiger partial charge in [-0.05, 0) is 29.3 Å². The Morgan fingerprint density at radius 2 is 2.05 bits per heavy atom. The molecule has 0 aliphatic carbocycles. The zero-order valence-electron chi connectivity index (χ0n) is 11.3. The first-order valence-electron chi connectivity index (χ1n) is 6.72. The molecule has 0 saturated heterocycles. The maximum atomic E-state index is 12.0. The monoisotopic (exact) mass is 302 g/mol. The van der Waals surface area contributed by atoms with Gasteiger partial charge in [-0.1, -0.05) is 35.9 Å². The molecule has 0 spiro atoms. The molecule has 0 aromatic heterocycles. The van der Waals surface area contributed by atoms with Crippen LogP contribution in [0.2, 0.25) is 5.02 Å².